The molecule has 1 atom stereocenters. The van der Waals surface area contributed by atoms with Gasteiger partial charge >= 0.3 is 5.97 Å². The van der Waals surface area contributed by atoms with E-state index in [0.29, 0.717) is 12.5 Å². The molecular weight excluding hydrogens is 250 g/mol. The van der Waals surface area contributed by atoms with E-state index >= 15 is 0 Å². The molecule has 0 aromatic heterocycles. The average Bonchev–Trinajstić information content (AvgIpc) is 2.53. The first kappa shape index (κ1) is 13.5. The van der Waals surface area contributed by atoms with E-state index in [1.807, 2.05) is 24.3 Å². The molecule has 0 saturated heterocycles. The number of nitrogens with one attached hydrogen (secondary N) is 1. The number of fused-ring (bicyclic) bond motifs is 1. The smallest absolute Gasteiger partial charge is 0.313 e. The summed E-state index contributed by atoms with van der Waals surface area (Å²) in [5.74, 6) is 0.463. The van der Waals surface area contributed by atoms with Crippen LogP contribution in [0.15, 0.2) is 24.3 Å². The van der Waals surface area contributed by atoms with Crippen molar-refractivity contribution in [1.82, 2.24) is 0 Å². The molecular formula is C17H23NO2. The van der Waals surface area contributed by atoms with Crippen molar-refractivity contribution < 1.29 is 9.53 Å². The Hall–Kier alpha value is -1.51. The molecule has 108 valence electrons. The van der Waals surface area contributed by atoms with Crippen molar-refractivity contribution in [2.24, 2.45) is 5.92 Å². The summed E-state index contributed by atoms with van der Waals surface area (Å²) in [7, 11) is 0. The quantitative estimate of drug-likeness (QED) is 0.853. The summed E-state index contributed by atoms with van der Waals surface area (Å²) < 4.78 is 5.61. The first-order chi connectivity index (χ1) is 9.84. The molecule has 1 saturated carbocycles. The van der Waals surface area contributed by atoms with Gasteiger partial charge in [-0.3, -0.25) is 4.79 Å². The molecule has 20 heavy (non-hydrogen) atoms. The summed E-state index contributed by atoms with van der Waals surface area (Å²) >= 11 is 0. The number of esters is 1. The second-order valence-electron chi connectivity index (χ2n) is 5.99. The zero-order valence-electron chi connectivity index (χ0n) is 11.9. The normalized spacial score (nSPS) is 22.7. The van der Waals surface area contributed by atoms with Gasteiger partial charge in [-0.2, -0.15) is 0 Å². The first-order valence-electron chi connectivity index (χ1n) is 7.84. The number of para-hydroxylation sites is 1. The molecule has 3 rings (SSSR count). The summed E-state index contributed by atoms with van der Waals surface area (Å²) in [6.07, 6.45) is 7.19. The van der Waals surface area contributed by atoms with Crippen LogP contribution in [-0.2, 0) is 9.53 Å². The van der Waals surface area contributed by atoms with Gasteiger partial charge in [-0.15, -0.1) is 0 Å². The van der Waals surface area contributed by atoms with E-state index < -0.39 is 0 Å². The Balaban J connectivity index is 1.60. The van der Waals surface area contributed by atoms with Crippen LogP contribution in [0.25, 0.3) is 0 Å². The van der Waals surface area contributed by atoms with Crippen molar-refractivity contribution in [2.45, 2.75) is 44.4 Å². The number of anilines is 1. The standard InChI is InChI=1S/C17H23NO2/c19-17(20-12-13-6-2-1-3-7-13)15-10-11-18-16-9-5-4-8-14(15)16/h4-5,8-9,13,15,18H,1-3,6-7,10-12H2. The fourth-order valence-electron chi connectivity index (χ4n) is 3.37. The molecule has 1 aromatic carbocycles. The van der Waals surface area contributed by atoms with Crippen molar-refractivity contribution >= 4 is 11.7 Å². The van der Waals surface area contributed by atoms with Gasteiger partial charge < -0.3 is 10.1 Å². The molecule has 0 amide bonds. The maximum Gasteiger partial charge on any atom is 0.313 e. The highest BCUT2D eigenvalue weighted by Crippen LogP contribution is 2.32. The molecule has 3 heteroatoms. The Morgan fingerprint density at radius 2 is 1.95 bits per heavy atom. The van der Waals surface area contributed by atoms with Crippen LogP contribution in [0.5, 0.6) is 0 Å². The van der Waals surface area contributed by atoms with E-state index in [1.54, 1.807) is 0 Å². The van der Waals surface area contributed by atoms with Crippen LogP contribution in [0.2, 0.25) is 0 Å². The molecule has 1 fully saturated rings. The highest BCUT2D eigenvalue weighted by molar-refractivity contribution is 5.81. The number of carbonyl (C=O) groups is 1. The molecule has 0 spiro atoms. The van der Waals surface area contributed by atoms with Crippen LogP contribution < -0.4 is 5.32 Å². The highest BCUT2D eigenvalue weighted by atomic mass is 16.5. The van der Waals surface area contributed by atoms with E-state index in [0.717, 1.165) is 24.2 Å². The largest absolute Gasteiger partial charge is 0.465 e. The minimum absolute atomic E-state index is 0.0375. The van der Waals surface area contributed by atoms with Gasteiger partial charge in [0.15, 0.2) is 0 Å². The Bertz CT molecular complexity index is 466. The molecule has 0 bridgehead atoms. The number of benzene rings is 1. The van der Waals surface area contributed by atoms with Gasteiger partial charge in [0, 0.05) is 12.2 Å². The second-order valence-corrected chi connectivity index (χ2v) is 5.99. The fourth-order valence-corrected chi connectivity index (χ4v) is 3.37. The minimum Gasteiger partial charge on any atom is -0.465 e. The molecule has 1 aliphatic heterocycles. The average molecular weight is 273 g/mol. The zero-order valence-corrected chi connectivity index (χ0v) is 11.9. The molecule has 0 radical (unpaired) electrons. The van der Waals surface area contributed by atoms with Gasteiger partial charge in [0.2, 0.25) is 0 Å². The van der Waals surface area contributed by atoms with Crippen LogP contribution in [0, 0.1) is 5.92 Å². The summed E-state index contributed by atoms with van der Waals surface area (Å²) in [6.45, 7) is 1.46. The molecule has 1 aliphatic carbocycles. The summed E-state index contributed by atoms with van der Waals surface area (Å²) in [5, 5.41) is 3.35. The van der Waals surface area contributed by atoms with Crippen molar-refractivity contribution in [3.63, 3.8) is 0 Å². The monoisotopic (exact) mass is 273 g/mol. The van der Waals surface area contributed by atoms with Crippen molar-refractivity contribution in [2.75, 3.05) is 18.5 Å². The third-order valence-electron chi connectivity index (χ3n) is 4.56. The zero-order chi connectivity index (χ0) is 13.8. The maximum atomic E-state index is 12.4. The van der Waals surface area contributed by atoms with Gasteiger partial charge in [-0.05, 0) is 36.8 Å². The lowest BCUT2D eigenvalue weighted by Crippen LogP contribution is -2.26. The maximum absolute atomic E-state index is 12.4. The number of ether oxygens (including phenoxy) is 1. The second kappa shape index (κ2) is 6.29. The van der Waals surface area contributed by atoms with E-state index in [-0.39, 0.29) is 11.9 Å². The summed E-state index contributed by atoms with van der Waals surface area (Å²) in [4.78, 5) is 12.4. The predicted octanol–water partition coefficient (Wildman–Crippen LogP) is 3.71. The lowest BCUT2D eigenvalue weighted by Gasteiger charge is -2.27. The van der Waals surface area contributed by atoms with Gasteiger partial charge in [0.05, 0.1) is 12.5 Å². The van der Waals surface area contributed by atoms with Gasteiger partial charge in [-0.25, -0.2) is 0 Å². The van der Waals surface area contributed by atoms with Crippen LogP contribution in [0.4, 0.5) is 5.69 Å². The van der Waals surface area contributed by atoms with Gasteiger partial charge in [0.1, 0.15) is 0 Å². The van der Waals surface area contributed by atoms with Crippen molar-refractivity contribution in [1.29, 1.82) is 0 Å². The lowest BCUT2D eigenvalue weighted by atomic mass is 9.89. The van der Waals surface area contributed by atoms with Crippen LogP contribution in [0.3, 0.4) is 0 Å². The van der Waals surface area contributed by atoms with Crippen molar-refractivity contribution in [3.05, 3.63) is 29.8 Å². The SMILES string of the molecule is O=C(OCC1CCCCC1)C1CCNc2ccccc21. The fraction of sp³-hybridized carbons (Fsp3) is 0.588. The number of hydrogen-bond acceptors (Lipinski definition) is 3. The van der Waals surface area contributed by atoms with Crippen LogP contribution in [0.1, 0.15) is 50.0 Å². The number of rotatable bonds is 3. The van der Waals surface area contributed by atoms with E-state index in [2.05, 4.69) is 5.32 Å². The summed E-state index contributed by atoms with van der Waals surface area (Å²) in [6, 6.07) is 8.07. The molecule has 2 aliphatic rings. The highest BCUT2D eigenvalue weighted by Gasteiger charge is 2.28. The van der Waals surface area contributed by atoms with E-state index in [4.69, 9.17) is 4.74 Å². The summed E-state index contributed by atoms with van der Waals surface area (Å²) in [5.41, 5.74) is 2.17. The predicted molar refractivity (Wildman–Crippen MR) is 79.8 cm³/mol. The Morgan fingerprint density at radius 3 is 2.80 bits per heavy atom. The Kier molecular flexibility index (Phi) is 4.24. The van der Waals surface area contributed by atoms with E-state index in [9.17, 15) is 4.79 Å². The van der Waals surface area contributed by atoms with Crippen molar-refractivity contribution in [3.8, 4) is 0 Å². The van der Waals surface area contributed by atoms with Crippen LogP contribution in [-0.4, -0.2) is 19.1 Å². The van der Waals surface area contributed by atoms with Gasteiger partial charge in [0.25, 0.3) is 0 Å². The molecule has 1 unspecified atom stereocenters. The molecule has 1 N–H and O–H groups in total. The van der Waals surface area contributed by atoms with Crippen LogP contribution >= 0.6 is 0 Å². The minimum atomic E-state index is -0.0870. The lowest BCUT2D eigenvalue weighted by molar-refractivity contribution is -0.147. The van der Waals surface area contributed by atoms with E-state index in [1.165, 1.54) is 32.1 Å². The molecule has 3 nitrogen and oxygen atoms in total. The van der Waals surface area contributed by atoms with Gasteiger partial charge in [-0.1, -0.05) is 37.5 Å². The third-order valence-corrected chi connectivity index (χ3v) is 4.56. The first-order valence-corrected chi connectivity index (χ1v) is 7.84. The topological polar surface area (TPSA) is 38.3 Å². The number of hydrogen-bond donors (Lipinski definition) is 1. The molecule has 1 heterocycles. The Morgan fingerprint density at radius 1 is 1.15 bits per heavy atom. The molecule has 1 aromatic rings. The number of carbonyl (C=O) groups excluding carboxylic acids is 1. The third kappa shape index (κ3) is 2.97. The Labute approximate surface area is 120 Å².